The van der Waals surface area contributed by atoms with Crippen LogP contribution in [0.4, 0.5) is 0 Å². The van der Waals surface area contributed by atoms with E-state index < -0.39 is 0 Å². The summed E-state index contributed by atoms with van der Waals surface area (Å²) in [5, 5.41) is 1.24. The minimum absolute atomic E-state index is 0.190. The average molecular weight is 446 g/mol. The molecule has 0 spiro atoms. The molecular formula is C27H27NO5. The van der Waals surface area contributed by atoms with Gasteiger partial charge in [0, 0.05) is 30.9 Å². The predicted molar refractivity (Wildman–Crippen MR) is 125 cm³/mol. The van der Waals surface area contributed by atoms with Crippen LogP contribution >= 0.6 is 0 Å². The summed E-state index contributed by atoms with van der Waals surface area (Å²) in [5.41, 5.74) is 3.18. The van der Waals surface area contributed by atoms with Crippen molar-refractivity contribution in [2.75, 3.05) is 6.61 Å². The molecule has 1 aliphatic heterocycles. The zero-order chi connectivity index (χ0) is 22.5. The number of benzene rings is 2. The summed E-state index contributed by atoms with van der Waals surface area (Å²) in [7, 11) is 0. The minimum Gasteiger partial charge on any atom is -0.482 e. The molecule has 1 fully saturated rings. The predicted octanol–water partition coefficient (Wildman–Crippen LogP) is 5.27. The highest BCUT2D eigenvalue weighted by atomic mass is 16.7. The third kappa shape index (κ3) is 5.35. The molecule has 1 unspecified atom stereocenters. The molecule has 0 N–H and O–H groups in total. The standard InChI is InChI=1S/C27H27NO5/c29-25-15-23(18-33-27-7-3-4-14-30-27)31-19-26(25)32-17-21-10-8-20(9-11-21)16-28-13-12-22-5-1-2-6-24(22)28/h1-2,5-6,8-13,15,19,27H,3-4,7,14,16-18H2. The molecule has 6 heteroatoms. The number of aromatic nitrogens is 1. The fourth-order valence-corrected chi connectivity index (χ4v) is 4.01. The van der Waals surface area contributed by atoms with Gasteiger partial charge in [-0.15, -0.1) is 0 Å². The second-order valence-electron chi connectivity index (χ2n) is 8.29. The van der Waals surface area contributed by atoms with Crippen LogP contribution in [0.5, 0.6) is 5.75 Å². The molecule has 0 amide bonds. The number of hydrogen-bond donors (Lipinski definition) is 0. The maximum Gasteiger partial charge on any atom is 0.227 e. The Kier molecular flexibility index (Phi) is 6.56. The first-order valence-corrected chi connectivity index (χ1v) is 11.3. The minimum atomic E-state index is -0.223. The number of ether oxygens (including phenoxy) is 3. The summed E-state index contributed by atoms with van der Waals surface area (Å²) < 4.78 is 24.7. The molecule has 1 aliphatic rings. The highest BCUT2D eigenvalue weighted by Crippen LogP contribution is 2.18. The number of rotatable bonds is 8. The van der Waals surface area contributed by atoms with Crippen molar-refractivity contribution in [1.29, 1.82) is 0 Å². The Morgan fingerprint density at radius 2 is 1.82 bits per heavy atom. The van der Waals surface area contributed by atoms with E-state index in [2.05, 4.69) is 53.2 Å². The fourth-order valence-electron chi connectivity index (χ4n) is 4.01. The van der Waals surface area contributed by atoms with Crippen molar-refractivity contribution in [3.05, 3.63) is 100 Å². The summed E-state index contributed by atoms with van der Waals surface area (Å²) in [5.74, 6) is 0.652. The van der Waals surface area contributed by atoms with Crippen molar-refractivity contribution in [3.63, 3.8) is 0 Å². The van der Waals surface area contributed by atoms with Crippen molar-refractivity contribution in [1.82, 2.24) is 4.57 Å². The van der Waals surface area contributed by atoms with Crippen molar-refractivity contribution >= 4 is 10.9 Å². The first-order chi connectivity index (χ1) is 16.2. The van der Waals surface area contributed by atoms with Crippen molar-refractivity contribution in [2.24, 2.45) is 0 Å². The van der Waals surface area contributed by atoms with Crippen LogP contribution in [0.3, 0.4) is 0 Å². The Bertz CT molecular complexity index is 1250. The van der Waals surface area contributed by atoms with Crippen LogP contribution in [-0.2, 0) is 29.2 Å². The largest absolute Gasteiger partial charge is 0.482 e. The molecule has 6 nitrogen and oxygen atoms in total. The Morgan fingerprint density at radius 3 is 2.64 bits per heavy atom. The van der Waals surface area contributed by atoms with Crippen LogP contribution in [0.25, 0.3) is 10.9 Å². The molecule has 2 aromatic heterocycles. The first-order valence-electron chi connectivity index (χ1n) is 11.3. The highest BCUT2D eigenvalue weighted by molar-refractivity contribution is 5.80. The third-order valence-electron chi connectivity index (χ3n) is 5.85. The summed E-state index contributed by atoms with van der Waals surface area (Å²) in [6, 6.07) is 20.1. The SMILES string of the molecule is O=c1cc(COC2CCCCO2)occ1OCc1ccc(Cn2ccc3ccccc32)cc1. The molecule has 1 saturated heterocycles. The zero-order valence-corrected chi connectivity index (χ0v) is 18.4. The lowest BCUT2D eigenvalue weighted by Gasteiger charge is -2.22. The van der Waals surface area contributed by atoms with Crippen LogP contribution in [0.2, 0.25) is 0 Å². The number of nitrogens with zero attached hydrogens (tertiary/aromatic N) is 1. The van der Waals surface area contributed by atoms with Crippen molar-refractivity contribution < 1.29 is 18.6 Å². The van der Waals surface area contributed by atoms with Gasteiger partial charge in [-0.25, -0.2) is 0 Å². The van der Waals surface area contributed by atoms with E-state index in [0.717, 1.165) is 31.4 Å². The van der Waals surface area contributed by atoms with Gasteiger partial charge in [0.25, 0.3) is 0 Å². The average Bonchev–Trinajstić information content (AvgIpc) is 3.26. The molecule has 3 heterocycles. The van der Waals surface area contributed by atoms with Gasteiger partial charge >= 0.3 is 0 Å². The summed E-state index contributed by atoms with van der Waals surface area (Å²) in [4.78, 5) is 12.4. The molecule has 0 aliphatic carbocycles. The molecule has 0 bridgehead atoms. The number of para-hydroxylation sites is 1. The van der Waals surface area contributed by atoms with Crippen LogP contribution in [0.15, 0.2) is 82.3 Å². The van der Waals surface area contributed by atoms with Gasteiger partial charge in [-0.2, -0.15) is 0 Å². The molecule has 170 valence electrons. The van der Waals surface area contributed by atoms with Gasteiger partial charge in [-0.05, 0) is 47.9 Å². The lowest BCUT2D eigenvalue weighted by atomic mass is 10.1. The molecule has 4 aromatic rings. The number of hydrogen-bond acceptors (Lipinski definition) is 5. The quantitative estimate of drug-likeness (QED) is 0.370. The maximum absolute atomic E-state index is 12.4. The van der Waals surface area contributed by atoms with Gasteiger partial charge in [-0.3, -0.25) is 4.79 Å². The van der Waals surface area contributed by atoms with E-state index in [9.17, 15) is 4.79 Å². The van der Waals surface area contributed by atoms with Gasteiger partial charge in [0.15, 0.2) is 6.29 Å². The van der Waals surface area contributed by atoms with E-state index in [1.165, 1.54) is 28.8 Å². The third-order valence-corrected chi connectivity index (χ3v) is 5.85. The Morgan fingerprint density at radius 1 is 0.970 bits per heavy atom. The molecule has 0 saturated carbocycles. The zero-order valence-electron chi connectivity index (χ0n) is 18.4. The molecule has 5 rings (SSSR count). The van der Waals surface area contributed by atoms with Crippen LogP contribution in [0.1, 0.15) is 36.1 Å². The van der Waals surface area contributed by atoms with Gasteiger partial charge in [0.1, 0.15) is 25.2 Å². The van der Waals surface area contributed by atoms with Gasteiger partial charge < -0.3 is 23.2 Å². The number of fused-ring (bicyclic) bond motifs is 1. The maximum atomic E-state index is 12.4. The van der Waals surface area contributed by atoms with E-state index in [1.54, 1.807) is 0 Å². The topological polar surface area (TPSA) is 62.8 Å². The Hall–Kier alpha value is -3.35. The molecule has 1 atom stereocenters. The first kappa shape index (κ1) is 21.5. The summed E-state index contributed by atoms with van der Waals surface area (Å²) in [6.07, 6.45) is 6.26. The monoisotopic (exact) mass is 445 g/mol. The molecule has 0 radical (unpaired) electrons. The summed E-state index contributed by atoms with van der Waals surface area (Å²) in [6.45, 7) is 2.01. The van der Waals surface area contributed by atoms with E-state index in [0.29, 0.717) is 19.0 Å². The normalized spacial score (nSPS) is 16.2. The van der Waals surface area contributed by atoms with Crippen molar-refractivity contribution in [3.8, 4) is 5.75 Å². The van der Waals surface area contributed by atoms with Gasteiger partial charge in [0.05, 0.1) is 0 Å². The second kappa shape index (κ2) is 10.1. The highest BCUT2D eigenvalue weighted by Gasteiger charge is 2.15. The smallest absolute Gasteiger partial charge is 0.227 e. The van der Waals surface area contributed by atoms with Crippen LogP contribution in [0, 0.1) is 0 Å². The van der Waals surface area contributed by atoms with E-state index >= 15 is 0 Å². The van der Waals surface area contributed by atoms with Crippen LogP contribution in [-0.4, -0.2) is 17.5 Å². The summed E-state index contributed by atoms with van der Waals surface area (Å²) >= 11 is 0. The van der Waals surface area contributed by atoms with E-state index in [1.807, 2.05) is 12.1 Å². The Balaban J connectivity index is 1.15. The Labute approximate surface area is 192 Å². The van der Waals surface area contributed by atoms with Gasteiger partial charge in [-0.1, -0.05) is 42.5 Å². The van der Waals surface area contributed by atoms with Crippen LogP contribution < -0.4 is 10.2 Å². The second-order valence-corrected chi connectivity index (χ2v) is 8.29. The lowest BCUT2D eigenvalue weighted by Crippen LogP contribution is -2.22. The van der Waals surface area contributed by atoms with E-state index in [4.69, 9.17) is 18.6 Å². The van der Waals surface area contributed by atoms with Crippen molar-refractivity contribution in [2.45, 2.75) is 45.3 Å². The molecular weight excluding hydrogens is 418 g/mol. The molecule has 33 heavy (non-hydrogen) atoms. The fraction of sp³-hybridized carbons (Fsp3) is 0.296. The van der Waals surface area contributed by atoms with E-state index in [-0.39, 0.29) is 24.1 Å². The molecule has 2 aromatic carbocycles. The lowest BCUT2D eigenvalue weighted by molar-refractivity contribution is -0.171. The van der Waals surface area contributed by atoms with Gasteiger partial charge in [0.2, 0.25) is 11.2 Å².